The van der Waals surface area contributed by atoms with Crippen molar-refractivity contribution in [2.24, 2.45) is 11.8 Å². The summed E-state index contributed by atoms with van der Waals surface area (Å²) in [5.41, 5.74) is 0.521. The van der Waals surface area contributed by atoms with Crippen LogP contribution in [0.15, 0.2) is 0 Å². The highest BCUT2D eigenvalue weighted by atomic mass is 16.5. The van der Waals surface area contributed by atoms with E-state index in [0.717, 1.165) is 25.0 Å². The van der Waals surface area contributed by atoms with E-state index in [1.165, 1.54) is 51.4 Å². The quantitative estimate of drug-likeness (QED) is 0.817. The molecule has 0 aromatic heterocycles. The number of nitrogens with one attached hydrogen (secondary N) is 1. The van der Waals surface area contributed by atoms with Crippen molar-refractivity contribution >= 4 is 0 Å². The summed E-state index contributed by atoms with van der Waals surface area (Å²) in [4.78, 5) is 0. The van der Waals surface area contributed by atoms with Crippen molar-refractivity contribution in [2.45, 2.75) is 90.2 Å². The molecular weight excluding hydrogens is 246 g/mol. The molecule has 0 radical (unpaired) electrons. The summed E-state index contributed by atoms with van der Waals surface area (Å²) in [6, 6.07) is 0. The van der Waals surface area contributed by atoms with Crippen LogP contribution in [0.3, 0.4) is 0 Å². The molecule has 1 saturated carbocycles. The Bertz CT molecular complexity index is 283. The molecule has 2 unspecified atom stereocenters. The monoisotopic (exact) mass is 281 g/mol. The van der Waals surface area contributed by atoms with E-state index in [0.29, 0.717) is 0 Å². The molecule has 1 spiro atoms. The summed E-state index contributed by atoms with van der Waals surface area (Å²) >= 11 is 0. The van der Waals surface area contributed by atoms with Crippen molar-refractivity contribution in [1.82, 2.24) is 5.32 Å². The molecule has 2 nitrogen and oxygen atoms in total. The first kappa shape index (κ1) is 16.3. The summed E-state index contributed by atoms with van der Waals surface area (Å²) in [5.74, 6) is 1.66. The van der Waals surface area contributed by atoms with Crippen LogP contribution in [0.4, 0.5) is 0 Å². The van der Waals surface area contributed by atoms with Gasteiger partial charge in [0.15, 0.2) is 0 Å². The molecule has 20 heavy (non-hydrogen) atoms. The number of ether oxygens (including phenoxy) is 1. The number of rotatable bonds is 4. The Morgan fingerprint density at radius 3 is 2.55 bits per heavy atom. The van der Waals surface area contributed by atoms with E-state index in [9.17, 15) is 0 Å². The second kappa shape index (κ2) is 6.79. The fourth-order valence-corrected chi connectivity index (χ4v) is 4.01. The van der Waals surface area contributed by atoms with Gasteiger partial charge in [-0.15, -0.1) is 0 Å². The van der Waals surface area contributed by atoms with Crippen molar-refractivity contribution in [2.75, 3.05) is 13.2 Å². The zero-order valence-electron chi connectivity index (χ0n) is 14.1. The zero-order chi connectivity index (χ0) is 14.6. The Hall–Kier alpha value is -0.0800. The summed E-state index contributed by atoms with van der Waals surface area (Å²) in [5, 5.41) is 3.65. The number of hydrogen-bond acceptors (Lipinski definition) is 2. The molecule has 1 heterocycles. The fraction of sp³-hybridized carbons (Fsp3) is 1.00. The summed E-state index contributed by atoms with van der Waals surface area (Å²) in [7, 11) is 0. The van der Waals surface area contributed by atoms with Gasteiger partial charge in [0.05, 0.1) is 5.60 Å². The van der Waals surface area contributed by atoms with Crippen molar-refractivity contribution < 1.29 is 4.74 Å². The Morgan fingerprint density at radius 1 is 1.20 bits per heavy atom. The molecule has 0 amide bonds. The van der Waals surface area contributed by atoms with Crippen LogP contribution in [0.2, 0.25) is 0 Å². The van der Waals surface area contributed by atoms with Gasteiger partial charge in [-0.3, -0.25) is 0 Å². The maximum Gasteiger partial charge on any atom is 0.0685 e. The van der Waals surface area contributed by atoms with Crippen molar-refractivity contribution in [3.8, 4) is 0 Å². The van der Waals surface area contributed by atoms with Gasteiger partial charge >= 0.3 is 0 Å². The lowest BCUT2D eigenvalue weighted by Gasteiger charge is -2.44. The van der Waals surface area contributed by atoms with Gasteiger partial charge in [-0.2, -0.15) is 0 Å². The van der Waals surface area contributed by atoms with E-state index in [-0.39, 0.29) is 11.1 Å². The second-order valence-corrected chi connectivity index (χ2v) is 8.42. The standard InChI is InChI=1S/C18H35NO/c1-15(14-19-17(2,3)4)12-16-8-11-20-18(13-16)9-6-5-7-10-18/h15-16,19H,5-14H2,1-4H3. The predicted octanol–water partition coefficient (Wildman–Crippen LogP) is 4.53. The van der Waals surface area contributed by atoms with Gasteiger partial charge in [0, 0.05) is 12.1 Å². The van der Waals surface area contributed by atoms with Gasteiger partial charge in [-0.05, 0) is 71.3 Å². The average molecular weight is 281 g/mol. The highest BCUT2D eigenvalue weighted by molar-refractivity contribution is 4.90. The molecule has 1 aliphatic carbocycles. The van der Waals surface area contributed by atoms with Crippen LogP contribution in [0.1, 0.15) is 79.1 Å². The lowest BCUT2D eigenvalue weighted by atomic mass is 9.74. The molecule has 0 bridgehead atoms. The molecular formula is C18H35NO. The minimum atomic E-state index is 0.245. The zero-order valence-corrected chi connectivity index (χ0v) is 14.1. The third kappa shape index (κ3) is 5.04. The van der Waals surface area contributed by atoms with Crippen LogP contribution in [0.25, 0.3) is 0 Å². The summed E-state index contributed by atoms with van der Waals surface area (Å²) in [6.45, 7) is 11.3. The molecule has 2 heteroatoms. The SMILES string of the molecule is CC(CNC(C)(C)C)CC1CCOC2(CCCCC2)C1. The Morgan fingerprint density at radius 2 is 1.90 bits per heavy atom. The van der Waals surface area contributed by atoms with Gasteiger partial charge in [0.25, 0.3) is 0 Å². The molecule has 2 atom stereocenters. The third-order valence-corrected chi connectivity index (χ3v) is 5.08. The molecule has 2 rings (SSSR count). The summed E-state index contributed by atoms with van der Waals surface area (Å²) in [6.07, 6.45) is 10.8. The molecule has 2 fully saturated rings. The van der Waals surface area contributed by atoms with E-state index in [1.807, 2.05) is 0 Å². The van der Waals surface area contributed by atoms with Crippen molar-refractivity contribution in [1.29, 1.82) is 0 Å². The molecule has 0 aromatic rings. The molecule has 0 aromatic carbocycles. The molecule has 1 N–H and O–H groups in total. The van der Waals surface area contributed by atoms with Gasteiger partial charge in [0.2, 0.25) is 0 Å². The van der Waals surface area contributed by atoms with E-state index in [2.05, 4.69) is 33.0 Å². The first-order chi connectivity index (χ1) is 9.39. The van der Waals surface area contributed by atoms with Crippen molar-refractivity contribution in [3.63, 3.8) is 0 Å². The normalized spacial score (nSPS) is 28.5. The Balaban J connectivity index is 1.77. The first-order valence-corrected chi connectivity index (χ1v) is 8.78. The molecule has 118 valence electrons. The van der Waals surface area contributed by atoms with Gasteiger partial charge < -0.3 is 10.1 Å². The first-order valence-electron chi connectivity index (χ1n) is 8.78. The van der Waals surface area contributed by atoms with Crippen LogP contribution in [-0.2, 0) is 4.74 Å². The largest absolute Gasteiger partial charge is 0.375 e. The predicted molar refractivity (Wildman–Crippen MR) is 86.0 cm³/mol. The minimum Gasteiger partial charge on any atom is -0.375 e. The summed E-state index contributed by atoms with van der Waals surface area (Å²) < 4.78 is 6.22. The maximum absolute atomic E-state index is 6.22. The third-order valence-electron chi connectivity index (χ3n) is 5.08. The van der Waals surface area contributed by atoms with Crippen molar-refractivity contribution in [3.05, 3.63) is 0 Å². The highest BCUT2D eigenvalue weighted by Crippen LogP contribution is 2.42. The highest BCUT2D eigenvalue weighted by Gasteiger charge is 2.38. The Kier molecular flexibility index (Phi) is 5.53. The molecule has 1 saturated heterocycles. The van der Waals surface area contributed by atoms with Crippen LogP contribution in [-0.4, -0.2) is 24.3 Å². The van der Waals surface area contributed by atoms with E-state index in [1.54, 1.807) is 0 Å². The van der Waals surface area contributed by atoms with Crippen LogP contribution >= 0.6 is 0 Å². The number of hydrogen-bond donors (Lipinski definition) is 1. The molecule has 1 aliphatic heterocycles. The smallest absolute Gasteiger partial charge is 0.0685 e. The van der Waals surface area contributed by atoms with Gasteiger partial charge in [-0.25, -0.2) is 0 Å². The molecule has 2 aliphatic rings. The van der Waals surface area contributed by atoms with E-state index >= 15 is 0 Å². The van der Waals surface area contributed by atoms with E-state index < -0.39 is 0 Å². The minimum absolute atomic E-state index is 0.245. The van der Waals surface area contributed by atoms with Crippen LogP contribution < -0.4 is 5.32 Å². The van der Waals surface area contributed by atoms with Gasteiger partial charge in [0.1, 0.15) is 0 Å². The van der Waals surface area contributed by atoms with Gasteiger partial charge in [-0.1, -0.05) is 26.2 Å². The average Bonchev–Trinajstić information content (AvgIpc) is 2.37. The fourth-order valence-electron chi connectivity index (χ4n) is 4.01. The van der Waals surface area contributed by atoms with Crippen LogP contribution in [0, 0.1) is 11.8 Å². The lowest BCUT2D eigenvalue weighted by molar-refractivity contribution is -0.119. The Labute approximate surface area is 126 Å². The lowest BCUT2D eigenvalue weighted by Crippen LogP contribution is -2.43. The van der Waals surface area contributed by atoms with E-state index in [4.69, 9.17) is 4.74 Å². The topological polar surface area (TPSA) is 21.3 Å². The maximum atomic E-state index is 6.22. The van der Waals surface area contributed by atoms with Crippen LogP contribution in [0.5, 0.6) is 0 Å². The second-order valence-electron chi connectivity index (χ2n) is 8.42.